The molecule has 1 aliphatic heterocycles. The van der Waals surface area contributed by atoms with Gasteiger partial charge in [-0.1, -0.05) is 0 Å². The molecule has 1 amide bonds. The fourth-order valence-electron chi connectivity index (χ4n) is 2.19. The summed E-state index contributed by atoms with van der Waals surface area (Å²) in [6, 6.07) is 5.85. The first-order valence-corrected chi connectivity index (χ1v) is 6.47. The highest BCUT2D eigenvalue weighted by Crippen LogP contribution is 2.19. The lowest BCUT2D eigenvalue weighted by atomic mass is 10.1. The predicted molar refractivity (Wildman–Crippen MR) is 73.9 cm³/mol. The highest BCUT2D eigenvalue weighted by atomic mass is 19.1. The first-order valence-electron chi connectivity index (χ1n) is 6.47. The smallest absolute Gasteiger partial charge is 0.407 e. The van der Waals surface area contributed by atoms with Crippen LogP contribution in [0.15, 0.2) is 30.5 Å². The van der Waals surface area contributed by atoms with Gasteiger partial charge >= 0.3 is 6.09 Å². The molecule has 0 fully saturated rings. The largest absolute Gasteiger partial charge is 0.465 e. The van der Waals surface area contributed by atoms with Gasteiger partial charge in [-0.2, -0.15) is 0 Å². The highest BCUT2D eigenvalue weighted by Gasteiger charge is 2.21. The van der Waals surface area contributed by atoms with Gasteiger partial charge in [0.1, 0.15) is 5.82 Å². The number of carbonyl (C=O) groups is 1. The molecule has 0 saturated heterocycles. The fraction of sp³-hybridized carbons (Fsp3) is 0.214. The number of nitrogens with one attached hydrogen (secondary N) is 1. The molecule has 1 aromatic heterocycles. The zero-order chi connectivity index (χ0) is 14.8. The van der Waals surface area contributed by atoms with Gasteiger partial charge in [-0.25, -0.2) is 19.2 Å². The van der Waals surface area contributed by atoms with Gasteiger partial charge in [-0.05, 0) is 36.2 Å². The second-order valence-corrected chi connectivity index (χ2v) is 4.75. The summed E-state index contributed by atoms with van der Waals surface area (Å²) in [5, 5.41) is 12.0. The van der Waals surface area contributed by atoms with Crippen LogP contribution in [-0.4, -0.2) is 32.6 Å². The zero-order valence-corrected chi connectivity index (χ0v) is 11.1. The van der Waals surface area contributed by atoms with Crippen LogP contribution in [0.1, 0.15) is 11.3 Å². The first-order chi connectivity index (χ1) is 10.1. The standard InChI is InChI=1S/C14H13FN4O2/c15-10-1-3-11(4-2-10)17-13-16-7-9-5-6-19(14(20)21)8-12(9)18-13/h1-4,7H,5-6,8H2,(H,20,21)(H,16,17,18). The van der Waals surface area contributed by atoms with Crippen molar-refractivity contribution in [3.05, 3.63) is 47.5 Å². The zero-order valence-electron chi connectivity index (χ0n) is 11.1. The van der Waals surface area contributed by atoms with E-state index in [0.29, 0.717) is 30.3 Å². The van der Waals surface area contributed by atoms with Gasteiger partial charge in [0.2, 0.25) is 5.95 Å². The van der Waals surface area contributed by atoms with Gasteiger partial charge in [-0.15, -0.1) is 0 Å². The van der Waals surface area contributed by atoms with Gasteiger partial charge in [0.15, 0.2) is 0 Å². The number of amides is 1. The van der Waals surface area contributed by atoms with Crippen LogP contribution >= 0.6 is 0 Å². The van der Waals surface area contributed by atoms with E-state index in [1.54, 1.807) is 18.3 Å². The lowest BCUT2D eigenvalue weighted by molar-refractivity contribution is 0.139. The first kappa shape index (κ1) is 13.3. The van der Waals surface area contributed by atoms with Crippen molar-refractivity contribution < 1.29 is 14.3 Å². The average molecular weight is 288 g/mol. The lowest BCUT2D eigenvalue weighted by Gasteiger charge is -2.25. The summed E-state index contributed by atoms with van der Waals surface area (Å²) in [5.41, 5.74) is 2.32. The maximum Gasteiger partial charge on any atom is 0.407 e. The Bertz CT molecular complexity index is 675. The number of halogens is 1. The summed E-state index contributed by atoms with van der Waals surface area (Å²) >= 11 is 0. The van der Waals surface area contributed by atoms with Gasteiger partial charge in [0.05, 0.1) is 12.2 Å². The van der Waals surface area contributed by atoms with Gasteiger partial charge in [-0.3, -0.25) is 0 Å². The molecule has 2 N–H and O–H groups in total. The molecule has 21 heavy (non-hydrogen) atoms. The SMILES string of the molecule is O=C(O)N1CCc2cnc(Nc3ccc(F)cc3)nc2C1. The Balaban J connectivity index is 1.80. The summed E-state index contributed by atoms with van der Waals surface area (Å²) in [4.78, 5) is 20.9. The minimum absolute atomic E-state index is 0.255. The van der Waals surface area contributed by atoms with Crippen LogP contribution in [0.4, 0.5) is 20.8 Å². The Hall–Kier alpha value is -2.70. The summed E-state index contributed by atoms with van der Waals surface area (Å²) < 4.78 is 12.8. The number of rotatable bonds is 2. The number of fused-ring (bicyclic) bond motifs is 1. The van der Waals surface area contributed by atoms with E-state index in [1.807, 2.05) is 0 Å². The molecule has 0 spiro atoms. The molecule has 2 heterocycles. The number of benzene rings is 1. The van der Waals surface area contributed by atoms with Crippen LogP contribution in [0.2, 0.25) is 0 Å². The van der Waals surface area contributed by atoms with Gasteiger partial charge in [0, 0.05) is 18.4 Å². The topological polar surface area (TPSA) is 78.3 Å². The Morgan fingerprint density at radius 1 is 1.33 bits per heavy atom. The average Bonchev–Trinajstić information content (AvgIpc) is 2.49. The lowest BCUT2D eigenvalue weighted by Crippen LogP contribution is -2.35. The Kier molecular flexibility index (Phi) is 3.39. The number of carboxylic acid groups (broad SMARTS) is 1. The Labute approximate surface area is 120 Å². The van der Waals surface area contributed by atoms with Crippen LogP contribution in [0.3, 0.4) is 0 Å². The summed E-state index contributed by atoms with van der Waals surface area (Å²) in [6.07, 6.45) is 1.36. The van der Waals surface area contributed by atoms with E-state index in [1.165, 1.54) is 17.0 Å². The van der Waals surface area contributed by atoms with Crippen molar-refractivity contribution in [2.75, 3.05) is 11.9 Å². The summed E-state index contributed by atoms with van der Waals surface area (Å²) in [5.74, 6) is 0.0524. The molecule has 2 aromatic rings. The van der Waals surface area contributed by atoms with Crippen LogP contribution < -0.4 is 5.32 Å². The molecule has 3 rings (SSSR count). The maximum atomic E-state index is 12.8. The molecule has 108 valence electrons. The van der Waals surface area contributed by atoms with Crippen LogP contribution in [0.25, 0.3) is 0 Å². The molecular weight excluding hydrogens is 275 g/mol. The van der Waals surface area contributed by atoms with E-state index < -0.39 is 6.09 Å². The van der Waals surface area contributed by atoms with Gasteiger partial charge in [0.25, 0.3) is 0 Å². The molecule has 0 atom stereocenters. The third-order valence-electron chi connectivity index (χ3n) is 3.32. The van der Waals surface area contributed by atoms with E-state index in [2.05, 4.69) is 15.3 Å². The van der Waals surface area contributed by atoms with E-state index in [0.717, 1.165) is 5.56 Å². The highest BCUT2D eigenvalue weighted by molar-refractivity contribution is 5.65. The van der Waals surface area contributed by atoms with E-state index in [4.69, 9.17) is 5.11 Å². The Morgan fingerprint density at radius 2 is 2.10 bits per heavy atom. The molecular formula is C14H13FN4O2. The Morgan fingerprint density at radius 3 is 2.81 bits per heavy atom. The molecule has 0 unspecified atom stereocenters. The molecule has 0 bridgehead atoms. The third-order valence-corrected chi connectivity index (χ3v) is 3.32. The van der Waals surface area contributed by atoms with E-state index in [9.17, 15) is 9.18 Å². The summed E-state index contributed by atoms with van der Waals surface area (Å²) in [7, 11) is 0. The van der Waals surface area contributed by atoms with Crippen molar-refractivity contribution in [2.24, 2.45) is 0 Å². The maximum absolute atomic E-state index is 12.8. The van der Waals surface area contributed by atoms with Crippen LogP contribution in [0.5, 0.6) is 0 Å². The molecule has 1 aromatic carbocycles. The number of nitrogens with zero attached hydrogens (tertiary/aromatic N) is 3. The van der Waals surface area contributed by atoms with E-state index in [-0.39, 0.29) is 12.4 Å². The number of aromatic nitrogens is 2. The second kappa shape index (κ2) is 5.35. The quantitative estimate of drug-likeness (QED) is 0.887. The minimum Gasteiger partial charge on any atom is -0.465 e. The van der Waals surface area contributed by atoms with Gasteiger partial charge < -0.3 is 15.3 Å². The normalized spacial score (nSPS) is 13.7. The molecule has 1 aliphatic rings. The molecule has 0 saturated carbocycles. The van der Waals surface area contributed by atoms with Crippen molar-refractivity contribution in [1.29, 1.82) is 0 Å². The monoisotopic (exact) mass is 288 g/mol. The molecule has 0 aliphatic carbocycles. The molecule has 6 nitrogen and oxygen atoms in total. The van der Waals surface area contributed by atoms with E-state index >= 15 is 0 Å². The number of anilines is 2. The van der Waals surface area contributed by atoms with Crippen molar-refractivity contribution in [3.8, 4) is 0 Å². The number of hydrogen-bond acceptors (Lipinski definition) is 4. The predicted octanol–water partition coefficient (Wildman–Crippen LogP) is 2.40. The minimum atomic E-state index is -0.952. The number of hydrogen-bond donors (Lipinski definition) is 2. The van der Waals surface area contributed by atoms with Crippen LogP contribution in [-0.2, 0) is 13.0 Å². The molecule has 7 heteroatoms. The van der Waals surface area contributed by atoms with Crippen molar-refractivity contribution in [3.63, 3.8) is 0 Å². The fourth-order valence-corrected chi connectivity index (χ4v) is 2.19. The van der Waals surface area contributed by atoms with Crippen LogP contribution in [0, 0.1) is 5.82 Å². The van der Waals surface area contributed by atoms with Crippen molar-refractivity contribution in [2.45, 2.75) is 13.0 Å². The van der Waals surface area contributed by atoms with Crippen molar-refractivity contribution in [1.82, 2.24) is 14.9 Å². The van der Waals surface area contributed by atoms with Crippen molar-refractivity contribution >= 4 is 17.7 Å². The molecule has 0 radical (unpaired) electrons. The summed E-state index contributed by atoms with van der Waals surface area (Å²) in [6.45, 7) is 0.710. The third kappa shape index (κ3) is 2.91. The second-order valence-electron chi connectivity index (χ2n) is 4.75.